The van der Waals surface area contributed by atoms with E-state index in [4.69, 9.17) is 4.52 Å². The second-order valence-electron chi connectivity index (χ2n) is 5.85. The Morgan fingerprint density at radius 1 is 1.04 bits per heavy atom. The lowest BCUT2D eigenvalue weighted by Crippen LogP contribution is -2.25. The Bertz CT molecular complexity index is 765. The van der Waals surface area contributed by atoms with Crippen molar-refractivity contribution in [2.24, 2.45) is 0 Å². The van der Waals surface area contributed by atoms with Gasteiger partial charge < -0.3 is 9.84 Å². The lowest BCUT2D eigenvalue weighted by molar-refractivity contribution is -0.121. The Balaban J connectivity index is 1.74. The standard InChI is InChI=1S/C20H20N2O2/c1-15-7-9-17(10-8-15)19(16-5-3-2-4-6-16)13-20(23)21-14-18-11-12-24-22-18/h2-12,19H,13-14H2,1H3,(H,21,23)/t19-/m0/s1. The van der Waals surface area contributed by atoms with E-state index in [1.165, 1.54) is 11.8 Å². The van der Waals surface area contributed by atoms with E-state index in [9.17, 15) is 4.79 Å². The van der Waals surface area contributed by atoms with Crippen LogP contribution in [0.15, 0.2) is 71.4 Å². The van der Waals surface area contributed by atoms with Crippen LogP contribution in [0, 0.1) is 6.92 Å². The van der Waals surface area contributed by atoms with Gasteiger partial charge in [0.2, 0.25) is 5.91 Å². The largest absolute Gasteiger partial charge is 0.364 e. The van der Waals surface area contributed by atoms with Crippen molar-refractivity contribution >= 4 is 5.91 Å². The highest BCUT2D eigenvalue weighted by Crippen LogP contribution is 2.28. The number of aromatic nitrogens is 1. The molecule has 1 N–H and O–H groups in total. The monoisotopic (exact) mass is 320 g/mol. The quantitative estimate of drug-likeness (QED) is 0.751. The molecule has 0 fully saturated rings. The number of hydrogen-bond acceptors (Lipinski definition) is 3. The number of carbonyl (C=O) groups excluding carboxylic acids is 1. The van der Waals surface area contributed by atoms with E-state index in [0.717, 1.165) is 16.8 Å². The molecule has 1 atom stereocenters. The maximum atomic E-state index is 12.4. The molecular formula is C20H20N2O2. The number of amides is 1. The topological polar surface area (TPSA) is 55.1 Å². The van der Waals surface area contributed by atoms with E-state index in [1.54, 1.807) is 6.07 Å². The first-order valence-corrected chi connectivity index (χ1v) is 8.00. The molecule has 1 amide bonds. The number of rotatable bonds is 6. The first-order valence-electron chi connectivity index (χ1n) is 8.00. The first kappa shape index (κ1) is 16.0. The Labute approximate surface area is 141 Å². The third kappa shape index (κ3) is 4.10. The molecule has 1 aromatic heterocycles. The average Bonchev–Trinajstić information content (AvgIpc) is 3.13. The molecule has 0 unspecified atom stereocenters. The molecule has 0 aliphatic carbocycles. The highest BCUT2D eigenvalue weighted by Gasteiger charge is 2.18. The molecule has 0 spiro atoms. The summed E-state index contributed by atoms with van der Waals surface area (Å²) in [6.07, 6.45) is 1.89. The summed E-state index contributed by atoms with van der Waals surface area (Å²) in [7, 11) is 0. The predicted molar refractivity (Wildman–Crippen MR) is 92.4 cm³/mol. The number of carbonyl (C=O) groups is 1. The molecule has 3 rings (SSSR count). The lowest BCUT2D eigenvalue weighted by atomic mass is 9.88. The van der Waals surface area contributed by atoms with Crippen molar-refractivity contribution < 1.29 is 9.32 Å². The van der Waals surface area contributed by atoms with E-state index in [0.29, 0.717) is 13.0 Å². The van der Waals surface area contributed by atoms with Gasteiger partial charge in [0, 0.05) is 18.4 Å². The number of nitrogens with zero attached hydrogens (tertiary/aromatic N) is 1. The van der Waals surface area contributed by atoms with Crippen LogP contribution in [-0.2, 0) is 11.3 Å². The molecule has 0 radical (unpaired) electrons. The van der Waals surface area contributed by atoms with Gasteiger partial charge in [0.1, 0.15) is 12.0 Å². The minimum atomic E-state index is -0.00701. The van der Waals surface area contributed by atoms with Crippen LogP contribution < -0.4 is 5.32 Å². The van der Waals surface area contributed by atoms with Crippen molar-refractivity contribution in [3.05, 3.63) is 89.3 Å². The second kappa shape index (κ2) is 7.59. The average molecular weight is 320 g/mol. The van der Waals surface area contributed by atoms with Gasteiger partial charge in [-0.15, -0.1) is 0 Å². The fourth-order valence-electron chi connectivity index (χ4n) is 2.69. The minimum Gasteiger partial charge on any atom is -0.364 e. The summed E-state index contributed by atoms with van der Waals surface area (Å²) in [5, 5.41) is 6.71. The summed E-state index contributed by atoms with van der Waals surface area (Å²) in [4.78, 5) is 12.4. The van der Waals surface area contributed by atoms with Gasteiger partial charge in [0.25, 0.3) is 0 Å². The highest BCUT2D eigenvalue weighted by atomic mass is 16.5. The van der Waals surface area contributed by atoms with Crippen LogP contribution in [0.1, 0.15) is 34.7 Å². The third-order valence-corrected chi connectivity index (χ3v) is 4.03. The maximum Gasteiger partial charge on any atom is 0.221 e. The first-order chi connectivity index (χ1) is 11.7. The molecule has 24 heavy (non-hydrogen) atoms. The molecule has 0 bridgehead atoms. The number of hydrogen-bond donors (Lipinski definition) is 1. The fourth-order valence-corrected chi connectivity index (χ4v) is 2.69. The van der Waals surface area contributed by atoms with E-state index < -0.39 is 0 Å². The van der Waals surface area contributed by atoms with Gasteiger partial charge in [0.05, 0.1) is 6.54 Å². The molecule has 0 aliphatic heterocycles. The van der Waals surface area contributed by atoms with Crippen LogP contribution in [0.3, 0.4) is 0 Å². The van der Waals surface area contributed by atoms with Crippen LogP contribution in [0.5, 0.6) is 0 Å². The van der Waals surface area contributed by atoms with Gasteiger partial charge >= 0.3 is 0 Å². The molecule has 4 heteroatoms. The summed E-state index contributed by atoms with van der Waals surface area (Å²) >= 11 is 0. The second-order valence-corrected chi connectivity index (χ2v) is 5.85. The molecule has 0 saturated heterocycles. The molecule has 1 heterocycles. The zero-order chi connectivity index (χ0) is 16.8. The summed E-state index contributed by atoms with van der Waals surface area (Å²) in [6.45, 7) is 2.44. The van der Waals surface area contributed by atoms with Crippen molar-refractivity contribution in [1.82, 2.24) is 10.5 Å². The van der Waals surface area contributed by atoms with Crippen LogP contribution in [-0.4, -0.2) is 11.1 Å². The lowest BCUT2D eigenvalue weighted by Gasteiger charge is -2.18. The van der Waals surface area contributed by atoms with Gasteiger partial charge in [-0.1, -0.05) is 65.3 Å². The summed E-state index contributed by atoms with van der Waals surface area (Å²) in [6, 6.07) is 20.2. The van der Waals surface area contributed by atoms with Crippen LogP contribution in [0.4, 0.5) is 0 Å². The maximum absolute atomic E-state index is 12.4. The van der Waals surface area contributed by atoms with E-state index in [1.807, 2.05) is 18.2 Å². The Morgan fingerprint density at radius 3 is 2.42 bits per heavy atom. The normalized spacial score (nSPS) is 11.9. The molecule has 122 valence electrons. The third-order valence-electron chi connectivity index (χ3n) is 4.03. The zero-order valence-electron chi connectivity index (χ0n) is 13.6. The number of benzene rings is 2. The predicted octanol–water partition coefficient (Wildman–Crippen LogP) is 3.82. The van der Waals surface area contributed by atoms with E-state index >= 15 is 0 Å². The SMILES string of the molecule is Cc1ccc([C@@H](CC(=O)NCc2ccon2)c2ccccc2)cc1. The molecule has 0 aliphatic rings. The minimum absolute atomic E-state index is 0.00701. The van der Waals surface area contributed by atoms with Crippen molar-refractivity contribution in [1.29, 1.82) is 0 Å². The highest BCUT2D eigenvalue weighted by molar-refractivity contribution is 5.77. The molecule has 4 nitrogen and oxygen atoms in total. The summed E-state index contributed by atoms with van der Waals surface area (Å²) in [5.74, 6) is 0.0246. The van der Waals surface area contributed by atoms with Crippen LogP contribution in [0.25, 0.3) is 0 Å². The van der Waals surface area contributed by atoms with Crippen molar-refractivity contribution in [3.63, 3.8) is 0 Å². The van der Waals surface area contributed by atoms with E-state index in [2.05, 4.69) is 53.8 Å². The molecular weight excluding hydrogens is 300 g/mol. The van der Waals surface area contributed by atoms with Crippen LogP contribution in [0.2, 0.25) is 0 Å². The Hall–Kier alpha value is -2.88. The van der Waals surface area contributed by atoms with Gasteiger partial charge in [-0.05, 0) is 18.1 Å². The molecule has 0 saturated carbocycles. The molecule has 3 aromatic rings. The Morgan fingerprint density at radius 2 is 1.75 bits per heavy atom. The zero-order valence-corrected chi connectivity index (χ0v) is 13.6. The fraction of sp³-hybridized carbons (Fsp3) is 0.200. The van der Waals surface area contributed by atoms with Crippen molar-refractivity contribution in [3.8, 4) is 0 Å². The van der Waals surface area contributed by atoms with Crippen molar-refractivity contribution in [2.75, 3.05) is 0 Å². The van der Waals surface area contributed by atoms with Crippen LogP contribution >= 0.6 is 0 Å². The van der Waals surface area contributed by atoms with Gasteiger partial charge in [-0.2, -0.15) is 0 Å². The Kier molecular flexibility index (Phi) is 5.06. The number of aryl methyl sites for hydroxylation is 1. The van der Waals surface area contributed by atoms with Gasteiger partial charge in [0.15, 0.2) is 0 Å². The summed E-state index contributed by atoms with van der Waals surface area (Å²) < 4.78 is 4.78. The smallest absolute Gasteiger partial charge is 0.221 e. The van der Waals surface area contributed by atoms with E-state index in [-0.39, 0.29) is 11.8 Å². The van der Waals surface area contributed by atoms with Gasteiger partial charge in [-0.3, -0.25) is 4.79 Å². The van der Waals surface area contributed by atoms with Crippen molar-refractivity contribution in [2.45, 2.75) is 25.8 Å². The number of nitrogens with one attached hydrogen (secondary N) is 1. The summed E-state index contributed by atoms with van der Waals surface area (Å²) in [5.41, 5.74) is 4.21. The molecule has 2 aromatic carbocycles. The van der Waals surface area contributed by atoms with Gasteiger partial charge in [-0.25, -0.2) is 0 Å².